The summed E-state index contributed by atoms with van der Waals surface area (Å²) in [4.78, 5) is 0. The molecule has 0 aliphatic carbocycles. The molecule has 0 heterocycles. The number of nitrogens with two attached hydrogens (primary N) is 1. The number of halogens is 2. The van der Waals surface area contributed by atoms with Gasteiger partial charge in [0.1, 0.15) is 0 Å². The van der Waals surface area contributed by atoms with Crippen molar-refractivity contribution in [2.45, 2.75) is 19.1 Å². The summed E-state index contributed by atoms with van der Waals surface area (Å²) in [6.07, 6.45) is -0.818. The quantitative estimate of drug-likeness (QED) is 0.803. The normalized spacial score (nSPS) is 15.5. The minimum absolute atomic E-state index is 0.391. The first-order valence-corrected chi connectivity index (χ1v) is 4.67. The van der Waals surface area contributed by atoms with E-state index in [1.807, 2.05) is 0 Å². The summed E-state index contributed by atoms with van der Waals surface area (Å²) in [6, 6.07) is 4.68. The van der Waals surface area contributed by atoms with Crippen LogP contribution in [0.15, 0.2) is 18.2 Å². The van der Waals surface area contributed by atoms with Gasteiger partial charge in [0.2, 0.25) is 0 Å². The lowest BCUT2D eigenvalue weighted by Crippen LogP contribution is -2.24. The molecule has 0 radical (unpaired) electrons. The number of benzene rings is 1. The summed E-state index contributed by atoms with van der Waals surface area (Å²) in [5.41, 5.74) is 6.04. The molecule has 3 N–H and O–H groups in total. The second-order valence-electron chi connectivity index (χ2n) is 2.94. The third-order valence-corrected chi connectivity index (χ3v) is 2.45. The van der Waals surface area contributed by atoms with Crippen molar-refractivity contribution < 1.29 is 5.11 Å². The van der Waals surface area contributed by atoms with Crippen LogP contribution in [0.3, 0.4) is 0 Å². The van der Waals surface area contributed by atoms with E-state index in [4.69, 9.17) is 28.9 Å². The molecule has 0 saturated carbocycles. The Morgan fingerprint density at radius 1 is 1.31 bits per heavy atom. The molecular weight excluding hydrogens is 209 g/mol. The van der Waals surface area contributed by atoms with Gasteiger partial charge in [0.15, 0.2) is 0 Å². The zero-order valence-electron chi connectivity index (χ0n) is 7.17. The van der Waals surface area contributed by atoms with E-state index in [0.29, 0.717) is 15.6 Å². The Bertz CT molecular complexity index is 281. The van der Waals surface area contributed by atoms with Crippen LogP contribution in [0.4, 0.5) is 0 Å². The number of aliphatic hydroxyl groups excluding tert-OH is 1. The third kappa shape index (κ3) is 2.35. The Kier molecular flexibility index (Phi) is 3.56. The van der Waals surface area contributed by atoms with Crippen LogP contribution in [0.25, 0.3) is 0 Å². The van der Waals surface area contributed by atoms with Crippen LogP contribution < -0.4 is 5.73 Å². The highest BCUT2D eigenvalue weighted by Gasteiger charge is 2.18. The Morgan fingerprint density at radius 3 is 2.15 bits per heavy atom. The Hall–Kier alpha value is -0.280. The highest BCUT2D eigenvalue weighted by atomic mass is 35.5. The predicted octanol–water partition coefficient (Wildman–Crippen LogP) is 2.37. The van der Waals surface area contributed by atoms with Gasteiger partial charge < -0.3 is 10.8 Å². The summed E-state index contributed by atoms with van der Waals surface area (Å²) in [6.45, 7) is 1.70. The van der Waals surface area contributed by atoms with E-state index in [1.165, 1.54) is 0 Å². The molecule has 0 saturated heterocycles. The fraction of sp³-hybridized carbons (Fsp3) is 0.333. The van der Waals surface area contributed by atoms with E-state index < -0.39 is 12.1 Å². The smallest absolute Gasteiger partial charge is 0.0966 e. The van der Waals surface area contributed by atoms with E-state index in [2.05, 4.69) is 0 Å². The van der Waals surface area contributed by atoms with Gasteiger partial charge in [0, 0.05) is 21.7 Å². The van der Waals surface area contributed by atoms with Gasteiger partial charge >= 0.3 is 0 Å². The van der Waals surface area contributed by atoms with Gasteiger partial charge in [-0.05, 0) is 19.1 Å². The lowest BCUT2D eigenvalue weighted by Gasteiger charge is -2.17. The van der Waals surface area contributed by atoms with Crippen molar-refractivity contribution in [2.75, 3.05) is 0 Å². The molecule has 72 valence electrons. The highest BCUT2D eigenvalue weighted by Crippen LogP contribution is 2.31. The molecule has 1 aromatic carbocycles. The van der Waals surface area contributed by atoms with Crippen LogP contribution in [0, 0.1) is 0 Å². The van der Waals surface area contributed by atoms with Crippen molar-refractivity contribution >= 4 is 23.2 Å². The van der Waals surface area contributed by atoms with Crippen LogP contribution in [0.5, 0.6) is 0 Å². The van der Waals surface area contributed by atoms with Gasteiger partial charge in [0.25, 0.3) is 0 Å². The number of rotatable bonds is 2. The van der Waals surface area contributed by atoms with Gasteiger partial charge in [-0.3, -0.25) is 0 Å². The van der Waals surface area contributed by atoms with Crippen LogP contribution in [-0.2, 0) is 0 Å². The lowest BCUT2D eigenvalue weighted by atomic mass is 10.0. The van der Waals surface area contributed by atoms with Gasteiger partial charge in [0.05, 0.1) is 6.10 Å². The minimum atomic E-state index is -0.818. The molecule has 2 nitrogen and oxygen atoms in total. The molecule has 0 bridgehead atoms. The fourth-order valence-electron chi connectivity index (χ4n) is 1.06. The first-order valence-electron chi connectivity index (χ1n) is 3.91. The van der Waals surface area contributed by atoms with Crippen molar-refractivity contribution in [3.05, 3.63) is 33.8 Å². The topological polar surface area (TPSA) is 46.2 Å². The molecular formula is C9H11Cl2NO. The van der Waals surface area contributed by atoms with Crippen LogP contribution >= 0.6 is 23.2 Å². The highest BCUT2D eigenvalue weighted by molar-refractivity contribution is 6.36. The molecule has 13 heavy (non-hydrogen) atoms. The average Bonchev–Trinajstić information content (AvgIpc) is 2.03. The van der Waals surface area contributed by atoms with Crippen molar-refractivity contribution in [1.29, 1.82) is 0 Å². The monoisotopic (exact) mass is 219 g/mol. The van der Waals surface area contributed by atoms with Gasteiger partial charge in [-0.15, -0.1) is 0 Å². The summed E-state index contributed by atoms with van der Waals surface area (Å²) in [7, 11) is 0. The summed E-state index contributed by atoms with van der Waals surface area (Å²) in [5, 5.41) is 10.5. The Labute approximate surface area is 87.3 Å². The van der Waals surface area contributed by atoms with Crippen LogP contribution in [0.1, 0.15) is 18.6 Å². The van der Waals surface area contributed by atoms with E-state index in [1.54, 1.807) is 25.1 Å². The standard InChI is InChI=1S/C9H11Cl2NO/c1-5(12)9(13)8-6(10)3-2-4-7(8)11/h2-5,9,13H,12H2,1H3. The first-order chi connectivity index (χ1) is 6.04. The second-order valence-corrected chi connectivity index (χ2v) is 3.75. The van der Waals surface area contributed by atoms with Crippen LogP contribution in [-0.4, -0.2) is 11.1 Å². The van der Waals surface area contributed by atoms with Crippen molar-refractivity contribution in [2.24, 2.45) is 5.73 Å². The van der Waals surface area contributed by atoms with E-state index in [-0.39, 0.29) is 0 Å². The molecule has 0 aliphatic heterocycles. The minimum Gasteiger partial charge on any atom is -0.387 e. The van der Waals surface area contributed by atoms with Gasteiger partial charge in [-0.2, -0.15) is 0 Å². The molecule has 0 aromatic heterocycles. The summed E-state index contributed by atoms with van der Waals surface area (Å²) in [5.74, 6) is 0. The first kappa shape index (κ1) is 10.8. The lowest BCUT2D eigenvalue weighted by molar-refractivity contribution is 0.153. The fourth-order valence-corrected chi connectivity index (χ4v) is 1.68. The zero-order valence-corrected chi connectivity index (χ0v) is 8.68. The van der Waals surface area contributed by atoms with Crippen molar-refractivity contribution in [3.8, 4) is 0 Å². The molecule has 0 amide bonds. The number of hydrogen-bond donors (Lipinski definition) is 2. The largest absolute Gasteiger partial charge is 0.387 e. The SMILES string of the molecule is CC(N)C(O)c1c(Cl)cccc1Cl. The maximum absolute atomic E-state index is 9.67. The molecule has 1 aromatic rings. The van der Waals surface area contributed by atoms with E-state index in [9.17, 15) is 5.11 Å². The molecule has 2 unspecified atom stereocenters. The summed E-state index contributed by atoms with van der Waals surface area (Å²) >= 11 is 11.7. The third-order valence-electron chi connectivity index (χ3n) is 1.79. The molecule has 4 heteroatoms. The average molecular weight is 220 g/mol. The molecule has 0 spiro atoms. The van der Waals surface area contributed by atoms with Crippen molar-refractivity contribution in [1.82, 2.24) is 0 Å². The van der Waals surface area contributed by atoms with Gasteiger partial charge in [-0.1, -0.05) is 29.3 Å². The van der Waals surface area contributed by atoms with E-state index in [0.717, 1.165) is 0 Å². The predicted molar refractivity (Wildman–Crippen MR) is 55.1 cm³/mol. The number of aliphatic hydroxyl groups is 1. The van der Waals surface area contributed by atoms with Crippen LogP contribution in [0.2, 0.25) is 10.0 Å². The number of hydrogen-bond acceptors (Lipinski definition) is 2. The maximum atomic E-state index is 9.67. The van der Waals surface area contributed by atoms with Crippen molar-refractivity contribution in [3.63, 3.8) is 0 Å². The molecule has 1 rings (SSSR count). The molecule has 0 aliphatic rings. The molecule has 0 fully saturated rings. The zero-order chi connectivity index (χ0) is 10.0. The maximum Gasteiger partial charge on any atom is 0.0966 e. The second kappa shape index (κ2) is 4.29. The summed E-state index contributed by atoms with van der Waals surface area (Å²) < 4.78 is 0. The molecule has 2 atom stereocenters. The Morgan fingerprint density at radius 2 is 1.77 bits per heavy atom. The van der Waals surface area contributed by atoms with E-state index >= 15 is 0 Å². The van der Waals surface area contributed by atoms with Gasteiger partial charge in [-0.25, -0.2) is 0 Å². The Balaban J connectivity index is 3.12.